The van der Waals surface area contributed by atoms with E-state index in [1.807, 2.05) is 11.0 Å². The molecule has 1 fully saturated rings. The molecule has 78 valence electrons. The number of carbonyl (C=O) groups is 1. The van der Waals surface area contributed by atoms with Crippen LogP contribution < -0.4 is 0 Å². The number of morpholine rings is 1. The molecule has 2 heterocycles. The molecular formula is C12H13NO2. The molecule has 1 amide bonds. The van der Waals surface area contributed by atoms with Crippen molar-refractivity contribution in [3.8, 4) is 0 Å². The normalized spacial score (nSPS) is 24.7. The highest BCUT2D eigenvalue weighted by molar-refractivity contribution is 5.79. The van der Waals surface area contributed by atoms with E-state index in [0.717, 1.165) is 13.0 Å². The molecule has 0 aliphatic carbocycles. The number of ether oxygens (including phenoxy) is 1. The largest absolute Gasteiger partial charge is 0.369 e. The van der Waals surface area contributed by atoms with Gasteiger partial charge in [-0.2, -0.15) is 0 Å². The minimum atomic E-state index is 0.126. The van der Waals surface area contributed by atoms with E-state index in [1.54, 1.807) is 0 Å². The fourth-order valence-corrected chi connectivity index (χ4v) is 2.47. The number of benzene rings is 1. The van der Waals surface area contributed by atoms with Gasteiger partial charge < -0.3 is 9.64 Å². The standard InChI is InChI=1S/C12H13NO2/c14-12-8-15-7-11-10-4-2-1-3-9(10)5-6-13(11)12/h1-4,11H,5-8H2. The first-order valence-corrected chi connectivity index (χ1v) is 5.31. The molecule has 3 heteroatoms. The molecule has 3 nitrogen and oxygen atoms in total. The maximum absolute atomic E-state index is 11.6. The summed E-state index contributed by atoms with van der Waals surface area (Å²) in [6, 6.07) is 8.48. The van der Waals surface area contributed by atoms with E-state index in [1.165, 1.54) is 11.1 Å². The van der Waals surface area contributed by atoms with Gasteiger partial charge in [-0.3, -0.25) is 4.79 Å². The van der Waals surface area contributed by atoms with E-state index in [2.05, 4.69) is 18.2 Å². The topological polar surface area (TPSA) is 29.5 Å². The molecule has 3 rings (SSSR count). The Bertz CT molecular complexity index is 402. The maximum atomic E-state index is 11.6. The van der Waals surface area contributed by atoms with Crippen LogP contribution in [0.25, 0.3) is 0 Å². The lowest BCUT2D eigenvalue weighted by Gasteiger charge is -2.40. The lowest BCUT2D eigenvalue weighted by Crippen LogP contribution is -2.47. The van der Waals surface area contributed by atoms with Crippen LogP contribution in [0.2, 0.25) is 0 Å². The molecule has 2 aliphatic rings. The van der Waals surface area contributed by atoms with Crippen LogP contribution >= 0.6 is 0 Å². The van der Waals surface area contributed by atoms with Gasteiger partial charge in [-0.1, -0.05) is 24.3 Å². The number of hydrogen-bond donors (Lipinski definition) is 0. The first-order valence-electron chi connectivity index (χ1n) is 5.31. The van der Waals surface area contributed by atoms with Gasteiger partial charge in [0.15, 0.2) is 0 Å². The van der Waals surface area contributed by atoms with Crippen molar-refractivity contribution >= 4 is 5.91 Å². The van der Waals surface area contributed by atoms with Gasteiger partial charge in [-0.05, 0) is 17.5 Å². The van der Waals surface area contributed by atoms with Crippen LogP contribution in [0.3, 0.4) is 0 Å². The summed E-state index contributed by atoms with van der Waals surface area (Å²) in [5, 5.41) is 0. The van der Waals surface area contributed by atoms with Crippen LogP contribution in [0.4, 0.5) is 0 Å². The fraction of sp³-hybridized carbons (Fsp3) is 0.417. The van der Waals surface area contributed by atoms with Crippen molar-refractivity contribution in [3.05, 3.63) is 35.4 Å². The zero-order valence-electron chi connectivity index (χ0n) is 8.48. The van der Waals surface area contributed by atoms with E-state index in [9.17, 15) is 4.79 Å². The highest BCUT2D eigenvalue weighted by Crippen LogP contribution is 2.31. The summed E-state index contributed by atoms with van der Waals surface area (Å²) in [5.74, 6) is 0.126. The molecule has 0 radical (unpaired) electrons. The van der Waals surface area contributed by atoms with Crippen LogP contribution in [-0.4, -0.2) is 30.6 Å². The minimum Gasteiger partial charge on any atom is -0.369 e. The number of fused-ring (bicyclic) bond motifs is 3. The first kappa shape index (κ1) is 8.92. The summed E-state index contributed by atoms with van der Waals surface area (Å²) in [5.41, 5.74) is 2.62. The summed E-state index contributed by atoms with van der Waals surface area (Å²) in [4.78, 5) is 13.6. The lowest BCUT2D eigenvalue weighted by atomic mass is 9.92. The highest BCUT2D eigenvalue weighted by atomic mass is 16.5. The monoisotopic (exact) mass is 203 g/mol. The van der Waals surface area contributed by atoms with Crippen LogP contribution in [0.5, 0.6) is 0 Å². The third-order valence-electron chi connectivity index (χ3n) is 3.23. The van der Waals surface area contributed by atoms with Crippen molar-refractivity contribution in [2.45, 2.75) is 12.5 Å². The van der Waals surface area contributed by atoms with Crippen molar-refractivity contribution in [3.63, 3.8) is 0 Å². The van der Waals surface area contributed by atoms with Gasteiger partial charge in [0.2, 0.25) is 5.91 Å². The zero-order chi connectivity index (χ0) is 10.3. The third kappa shape index (κ3) is 1.35. The Morgan fingerprint density at radius 2 is 2.20 bits per heavy atom. The van der Waals surface area contributed by atoms with E-state index >= 15 is 0 Å². The van der Waals surface area contributed by atoms with Gasteiger partial charge in [0, 0.05) is 6.54 Å². The van der Waals surface area contributed by atoms with Gasteiger partial charge in [0.25, 0.3) is 0 Å². The molecule has 1 atom stereocenters. The second kappa shape index (κ2) is 3.35. The molecule has 0 spiro atoms. The summed E-state index contributed by atoms with van der Waals surface area (Å²) in [7, 11) is 0. The van der Waals surface area contributed by atoms with Crippen LogP contribution in [-0.2, 0) is 16.0 Å². The molecule has 0 bridgehead atoms. The quantitative estimate of drug-likeness (QED) is 0.633. The second-order valence-corrected chi connectivity index (χ2v) is 4.07. The lowest BCUT2D eigenvalue weighted by molar-refractivity contribution is -0.149. The molecule has 0 N–H and O–H groups in total. The van der Waals surface area contributed by atoms with E-state index in [-0.39, 0.29) is 18.6 Å². The van der Waals surface area contributed by atoms with Gasteiger partial charge in [0.05, 0.1) is 12.6 Å². The Kier molecular flexibility index (Phi) is 1.99. The number of amides is 1. The highest BCUT2D eigenvalue weighted by Gasteiger charge is 2.33. The minimum absolute atomic E-state index is 0.126. The van der Waals surface area contributed by atoms with Gasteiger partial charge >= 0.3 is 0 Å². The summed E-state index contributed by atoms with van der Waals surface area (Å²) < 4.78 is 5.32. The fourth-order valence-electron chi connectivity index (χ4n) is 2.47. The van der Waals surface area contributed by atoms with Gasteiger partial charge in [-0.15, -0.1) is 0 Å². The predicted octanol–water partition coefficient (Wildman–Crippen LogP) is 1.14. The summed E-state index contributed by atoms with van der Waals surface area (Å²) in [6.45, 7) is 1.73. The third-order valence-corrected chi connectivity index (χ3v) is 3.23. The summed E-state index contributed by atoms with van der Waals surface area (Å²) >= 11 is 0. The molecule has 1 unspecified atom stereocenters. The molecule has 15 heavy (non-hydrogen) atoms. The van der Waals surface area contributed by atoms with E-state index < -0.39 is 0 Å². The Hall–Kier alpha value is -1.35. The molecule has 1 aromatic carbocycles. The molecule has 1 saturated heterocycles. The number of rotatable bonds is 0. The number of hydrogen-bond acceptors (Lipinski definition) is 2. The van der Waals surface area contributed by atoms with Crippen molar-refractivity contribution in [2.24, 2.45) is 0 Å². The Balaban J connectivity index is 2.02. The summed E-state index contributed by atoms with van der Waals surface area (Å²) in [6.07, 6.45) is 0.971. The van der Waals surface area contributed by atoms with E-state index in [0.29, 0.717) is 6.61 Å². The first-order chi connectivity index (χ1) is 7.36. The Labute approximate surface area is 88.6 Å². The smallest absolute Gasteiger partial charge is 0.249 e. The molecule has 1 aromatic rings. The Morgan fingerprint density at radius 3 is 3.13 bits per heavy atom. The average Bonchev–Trinajstić information content (AvgIpc) is 2.29. The van der Waals surface area contributed by atoms with Crippen LogP contribution in [0.1, 0.15) is 17.2 Å². The zero-order valence-corrected chi connectivity index (χ0v) is 8.48. The van der Waals surface area contributed by atoms with Crippen LogP contribution in [0, 0.1) is 0 Å². The van der Waals surface area contributed by atoms with Crippen LogP contribution in [0.15, 0.2) is 24.3 Å². The van der Waals surface area contributed by atoms with Crippen molar-refractivity contribution < 1.29 is 9.53 Å². The van der Waals surface area contributed by atoms with Gasteiger partial charge in [-0.25, -0.2) is 0 Å². The number of nitrogens with zero attached hydrogens (tertiary/aromatic N) is 1. The van der Waals surface area contributed by atoms with Gasteiger partial charge in [0.1, 0.15) is 6.61 Å². The molecular weight excluding hydrogens is 190 g/mol. The Morgan fingerprint density at radius 1 is 1.33 bits per heavy atom. The second-order valence-electron chi connectivity index (χ2n) is 4.07. The SMILES string of the molecule is O=C1COCC2c3ccccc3CCN12. The number of carbonyl (C=O) groups excluding carboxylic acids is 1. The molecule has 2 aliphatic heterocycles. The predicted molar refractivity (Wildman–Crippen MR) is 55.4 cm³/mol. The molecule has 0 saturated carbocycles. The van der Waals surface area contributed by atoms with Crippen molar-refractivity contribution in [1.29, 1.82) is 0 Å². The van der Waals surface area contributed by atoms with Crippen molar-refractivity contribution in [1.82, 2.24) is 4.90 Å². The molecule has 0 aromatic heterocycles. The van der Waals surface area contributed by atoms with E-state index in [4.69, 9.17) is 4.74 Å². The average molecular weight is 203 g/mol. The van der Waals surface area contributed by atoms with Crippen molar-refractivity contribution in [2.75, 3.05) is 19.8 Å². The maximum Gasteiger partial charge on any atom is 0.249 e.